The third-order valence-electron chi connectivity index (χ3n) is 3.43. The van der Waals surface area contributed by atoms with E-state index in [1.165, 1.54) is 24.3 Å². The molecule has 0 saturated carbocycles. The highest BCUT2D eigenvalue weighted by Crippen LogP contribution is 2.19. The molecule has 0 bridgehead atoms. The summed E-state index contributed by atoms with van der Waals surface area (Å²) in [6.07, 6.45) is 0. The third-order valence-corrected chi connectivity index (χ3v) is 3.43. The summed E-state index contributed by atoms with van der Waals surface area (Å²) in [5.74, 6) is -0.278. The predicted molar refractivity (Wildman–Crippen MR) is 88.1 cm³/mol. The summed E-state index contributed by atoms with van der Waals surface area (Å²) in [5.41, 5.74) is 6.46. The van der Waals surface area contributed by atoms with Gasteiger partial charge in [-0.2, -0.15) is 0 Å². The Labute approximate surface area is 131 Å². The molecule has 0 aliphatic heterocycles. The molecule has 3 aromatic carbocycles. The molecule has 3 aromatic rings. The van der Waals surface area contributed by atoms with Crippen LogP contribution in [0.15, 0.2) is 66.7 Å². The molecule has 0 fully saturated rings. The molecular formula is C17H13N3O3. The van der Waals surface area contributed by atoms with E-state index in [0.717, 1.165) is 10.8 Å². The number of carbonyl (C=O) groups excluding carboxylic acids is 1. The van der Waals surface area contributed by atoms with E-state index in [1.807, 2.05) is 36.4 Å². The van der Waals surface area contributed by atoms with Gasteiger partial charge in [0.25, 0.3) is 11.6 Å². The van der Waals surface area contributed by atoms with E-state index in [4.69, 9.17) is 0 Å². The molecule has 6 nitrogen and oxygen atoms in total. The minimum absolute atomic E-state index is 0.00377. The number of nitrogens with one attached hydrogen (secondary N) is 2. The Morgan fingerprint density at radius 1 is 0.913 bits per heavy atom. The smallest absolute Gasteiger partial charge is 0.270 e. The van der Waals surface area contributed by atoms with Crippen LogP contribution >= 0.6 is 0 Å². The fourth-order valence-electron chi connectivity index (χ4n) is 2.29. The van der Waals surface area contributed by atoms with Gasteiger partial charge < -0.3 is 0 Å². The summed E-state index contributed by atoms with van der Waals surface area (Å²) >= 11 is 0. The van der Waals surface area contributed by atoms with Crippen molar-refractivity contribution in [2.45, 2.75) is 0 Å². The largest absolute Gasteiger partial charge is 0.298 e. The summed E-state index contributed by atoms with van der Waals surface area (Å²) in [5, 5.41) is 12.4. The van der Waals surface area contributed by atoms with E-state index < -0.39 is 4.92 Å². The number of fused-ring (bicyclic) bond motifs is 1. The first kappa shape index (κ1) is 14.5. The molecule has 0 saturated heterocycles. The van der Waals surface area contributed by atoms with Crippen LogP contribution in [0.2, 0.25) is 0 Å². The Balaban J connectivity index is 1.75. The lowest BCUT2D eigenvalue weighted by molar-refractivity contribution is -0.384. The fraction of sp³-hybridized carbons (Fsp3) is 0. The maximum absolute atomic E-state index is 12.3. The van der Waals surface area contributed by atoms with Crippen LogP contribution in [0.5, 0.6) is 0 Å². The van der Waals surface area contributed by atoms with E-state index in [0.29, 0.717) is 11.3 Å². The predicted octanol–water partition coefficient (Wildman–Crippen LogP) is 3.50. The number of hydrogen-bond acceptors (Lipinski definition) is 4. The molecule has 0 aliphatic carbocycles. The second kappa shape index (κ2) is 6.15. The van der Waals surface area contributed by atoms with Gasteiger partial charge in [0, 0.05) is 17.7 Å². The molecule has 1 amide bonds. The van der Waals surface area contributed by atoms with Crippen molar-refractivity contribution >= 4 is 28.1 Å². The molecule has 23 heavy (non-hydrogen) atoms. The summed E-state index contributed by atoms with van der Waals surface area (Å²) in [6.45, 7) is 0. The van der Waals surface area contributed by atoms with E-state index in [2.05, 4.69) is 10.9 Å². The highest BCUT2D eigenvalue weighted by atomic mass is 16.6. The molecule has 0 spiro atoms. The van der Waals surface area contributed by atoms with Crippen molar-refractivity contribution in [3.05, 3.63) is 82.4 Å². The van der Waals surface area contributed by atoms with E-state index in [-0.39, 0.29) is 11.6 Å². The van der Waals surface area contributed by atoms with Gasteiger partial charge >= 0.3 is 0 Å². The van der Waals surface area contributed by atoms with Gasteiger partial charge in [0.2, 0.25) is 0 Å². The number of hydrazine groups is 1. The highest BCUT2D eigenvalue weighted by Gasteiger charge is 2.09. The molecule has 0 atom stereocenters. The number of benzene rings is 3. The number of nitro benzene ring substituents is 1. The van der Waals surface area contributed by atoms with Crippen LogP contribution in [-0.2, 0) is 0 Å². The summed E-state index contributed by atoms with van der Waals surface area (Å²) in [4.78, 5) is 22.5. The maximum atomic E-state index is 12.3. The highest BCUT2D eigenvalue weighted by molar-refractivity contribution is 6.07. The van der Waals surface area contributed by atoms with Gasteiger partial charge in [0.05, 0.1) is 10.6 Å². The molecule has 0 aromatic heterocycles. The van der Waals surface area contributed by atoms with Gasteiger partial charge in [0.15, 0.2) is 0 Å². The molecule has 0 radical (unpaired) electrons. The number of carbonyl (C=O) groups is 1. The first-order chi connectivity index (χ1) is 11.1. The van der Waals surface area contributed by atoms with Crippen LogP contribution in [-0.4, -0.2) is 10.8 Å². The number of nitro groups is 1. The first-order valence-corrected chi connectivity index (χ1v) is 6.94. The Morgan fingerprint density at radius 2 is 1.61 bits per heavy atom. The Bertz CT molecular complexity index is 870. The lowest BCUT2D eigenvalue weighted by atomic mass is 10.0. The second-order valence-corrected chi connectivity index (χ2v) is 4.91. The number of anilines is 1. The van der Waals surface area contributed by atoms with Crippen molar-refractivity contribution in [1.29, 1.82) is 0 Å². The summed E-state index contributed by atoms with van der Waals surface area (Å²) in [7, 11) is 0. The van der Waals surface area contributed by atoms with Crippen molar-refractivity contribution in [3.63, 3.8) is 0 Å². The van der Waals surface area contributed by atoms with Crippen LogP contribution in [0.1, 0.15) is 10.4 Å². The maximum Gasteiger partial charge on any atom is 0.270 e. The van der Waals surface area contributed by atoms with Gasteiger partial charge in [-0.25, -0.2) is 0 Å². The minimum atomic E-state index is -0.474. The quantitative estimate of drug-likeness (QED) is 0.570. The Hall–Kier alpha value is -3.41. The van der Waals surface area contributed by atoms with E-state index >= 15 is 0 Å². The number of amides is 1. The zero-order valence-electron chi connectivity index (χ0n) is 12.0. The van der Waals surface area contributed by atoms with Crippen LogP contribution in [0.4, 0.5) is 11.4 Å². The standard InChI is InChI=1S/C17H13N3O3/c21-17(16-7-3-5-12-4-1-2-6-15(12)16)19-18-13-8-10-14(11-9-13)20(22)23/h1-11,18H,(H,19,21). The van der Waals surface area contributed by atoms with Crippen molar-refractivity contribution in [3.8, 4) is 0 Å². The summed E-state index contributed by atoms with van der Waals surface area (Å²) in [6, 6.07) is 18.9. The number of nitrogens with zero attached hydrogens (tertiary/aromatic N) is 1. The van der Waals surface area contributed by atoms with E-state index in [9.17, 15) is 14.9 Å². The Morgan fingerprint density at radius 3 is 2.35 bits per heavy atom. The average Bonchev–Trinajstić information content (AvgIpc) is 2.59. The van der Waals surface area contributed by atoms with Gasteiger partial charge in [-0.05, 0) is 29.0 Å². The topological polar surface area (TPSA) is 84.3 Å². The number of hydrogen-bond donors (Lipinski definition) is 2. The number of non-ortho nitro benzene ring substituents is 1. The zero-order chi connectivity index (χ0) is 16.2. The first-order valence-electron chi connectivity index (χ1n) is 6.94. The van der Waals surface area contributed by atoms with Crippen molar-refractivity contribution in [2.24, 2.45) is 0 Å². The fourth-order valence-corrected chi connectivity index (χ4v) is 2.29. The molecule has 6 heteroatoms. The van der Waals surface area contributed by atoms with Gasteiger partial charge in [-0.1, -0.05) is 36.4 Å². The number of rotatable bonds is 4. The molecule has 0 aliphatic rings. The minimum Gasteiger partial charge on any atom is -0.298 e. The molecule has 0 unspecified atom stereocenters. The molecule has 3 rings (SSSR count). The van der Waals surface area contributed by atoms with Gasteiger partial charge in [-0.3, -0.25) is 25.8 Å². The van der Waals surface area contributed by atoms with Crippen molar-refractivity contribution < 1.29 is 9.72 Å². The lowest BCUT2D eigenvalue weighted by Crippen LogP contribution is -2.29. The van der Waals surface area contributed by atoms with Crippen LogP contribution in [0.25, 0.3) is 10.8 Å². The monoisotopic (exact) mass is 307 g/mol. The van der Waals surface area contributed by atoms with Crippen molar-refractivity contribution in [2.75, 3.05) is 5.43 Å². The molecule has 2 N–H and O–H groups in total. The van der Waals surface area contributed by atoms with Crippen LogP contribution < -0.4 is 10.9 Å². The normalized spacial score (nSPS) is 10.3. The zero-order valence-corrected chi connectivity index (χ0v) is 12.0. The third kappa shape index (κ3) is 3.11. The Kier molecular flexibility index (Phi) is 3.88. The molecule has 114 valence electrons. The summed E-state index contributed by atoms with van der Waals surface area (Å²) < 4.78 is 0. The molecule has 0 heterocycles. The van der Waals surface area contributed by atoms with Crippen LogP contribution in [0, 0.1) is 10.1 Å². The lowest BCUT2D eigenvalue weighted by Gasteiger charge is -2.10. The second-order valence-electron chi connectivity index (χ2n) is 4.91. The molecular weight excluding hydrogens is 294 g/mol. The SMILES string of the molecule is O=C(NNc1ccc([N+](=O)[O-])cc1)c1cccc2ccccc12. The van der Waals surface area contributed by atoms with Crippen molar-refractivity contribution in [1.82, 2.24) is 5.43 Å². The average molecular weight is 307 g/mol. The van der Waals surface area contributed by atoms with Crippen LogP contribution in [0.3, 0.4) is 0 Å². The van der Waals surface area contributed by atoms with E-state index in [1.54, 1.807) is 6.07 Å². The van der Waals surface area contributed by atoms with Gasteiger partial charge in [0.1, 0.15) is 0 Å². The van der Waals surface area contributed by atoms with Gasteiger partial charge in [-0.15, -0.1) is 0 Å².